The standard InChI is InChI=1S/C25H24ClN5O2/c1-14(2)30-22-20(28-23(30)19-6-5-11-27-19)25(33)31(18-12-15(3)24(32)29(4)13-18)21(22)16-7-9-17(26)10-8-16/h5-14,21,27H,1-4H3. The minimum atomic E-state index is -0.416. The molecule has 1 atom stereocenters. The third-order valence-corrected chi connectivity index (χ3v) is 6.31. The summed E-state index contributed by atoms with van der Waals surface area (Å²) in [6.07, 6.45) is 3.55. The number of amides is 1. The zero-order valence-electron chi connectivity index (χ0n) is 18.8. The number of nitrogens with one attached hydrogen (secondary N) is 1. The zero-order chi connectivity index (χ0) is 23.4. The van der Waals surface area contributed by atoms with Crippen LogP contribution in [0.3, 0.4) is 0 Å². The SMILES string of the molecule is Cc1cc(N2C(=O)c3nc(-c4ccc[nH]4)n(C(C)C)c3C2c2ccc(Cl)cc2)cn(C)c1=O. The Kier molecular flexibility index (Phi) is 5.01. The number of benzene rings is 1. The summed E-state index contributed by atoms with van der Waals surface area (Å²) in [5.41, 5.74) is 4.14. The van der Waals surface area contributed by atoms with E-state index in [1.54, 1.807) is 31.1 Å². The van der Waals surface area contributed by atoms with Crippen molar-refractivity contribution in [3.8, 4) is 11.5 Å². The number of aromatic nitrogens is 4. The van der Waals surface area contributed by atoms with Gasteiger partial charge in [-0.2, -0.15) is 0 Å². The second kappa shape index (κ2) is 7.78. The van der Waals surface area contributed by atoms with Crippen LogP contribution < -0.4 is 10.5 Å². The maximum Gasteiger partial charge on any atom is 0.279 e. The third kappa shape index (κ3) is 3.31. The topological polar surface area (TPSA) is 75.9 Å². The molecule has 1 aliphatic rings. The van der Waals surface area contributed by atoms with E-state index in [9.17, 15) is 9.59 Å². The summed E-state index contributed by atoms with van der Waals surface area (Å²) in [6, 6.07) is 12.8. The normalized spacial score (nSPS) is 15.5. The molecule has 33 heavy (non-hydrogen) atoms. The molecule has 1 N–H and O–H groups in total. The molecule has 8 heteroatoms. The number of pyridine rings is 1. The Bertz CT molecular complexity index is 1390. The molecule has 1 aromatic carbocycles. The number of fused-ring (bicyclic) bond motifs is 1. The summed E-state index contributed by atoms with van der Waals surface area (Å²) in [4.78, 5) is 35.9. The van der Waals surface area contributed by atoms with Crippen LogP contribution in [0.15, 0.2) is 59.7 Å². The summed E-state index contributed by atoms with van der Waals surface area (Å²) in [6.45, 7) is 5.92. The second-order valence-corrected chi connectivity index (χ2v) is 9.08. The average Bonchev–Trinajstić information content (AvgIpc) is 3.48. The van der Waals surface area contributed by atoms with Gasteiger partial charge in [-0.25, -0.2) is 4.98 Å². The van der Waals surface area contributed by atoms with Crippen molar-refractivity contribution in [2.24, 2.45) is 7.05 Å². The van der Waals surface area contributed by atoms with Crippen molar-refractivity contribution >= 4 is 23.2 Å². The predicted molar refractivity (Wildman–Crippen MR) is 129 cm³/mol. The Labute approximate surface area is 196 Å². The highest BCUT2D eigenvalue weighted by molar-refractivity contribution is 6.30. The number of H-pyrrole nitrogens is 1. The number of carbonyl (C=O) groups is 1. The fourth-order valence-electron chi connectivity index (χ4n) is 4.61. The van der Waals surface area contributed by atoms with E-state index in [2.05, 4.69) is 23.4 Å². The highest BCUT2D eigenvalue weighted by atomic mass is 35.5. The zero-order valence-corrected chi connectivity index (χ0v) is 19.6. The van der Waals surface area contributed by atoms with E-state index in [4.69, 9.17) is 16.6 Å². The predicted octanol–water partition coefficient (Wildman–Crippen LogP) is 4.87. The molecule has 168 valence electrons. The molecule has 3 aromatic heterocycles. The summed E-state index contributed by atoms with van der Waals surface area (Å²) < 4.78 is 3.63. The highest BCUT2D eigenvalue weighted by Gasteiger charge is 2.45. The molecule has 0 bridgehead atoms. The van der Waals surface area contributed by atoms with Gasteiger partial charge in [-0.1, -0.05) is 23.7 Å². The first-order valence-electron chi connectivity index (χ1n) is 10.8. The van der Waals surface area contributed by atoms with E-state index in [0.29, 0.717) is 22.0 Å². The van der Waals surface area contributed by atoms with Gasteiger partial charge in [-0.15, -0.1) is 0 Å². The lowest BCUT2D eigenvalue weighted by Crippen LogP contribution is -2.32. The number of carbonyl (C=O) groups excluding carboxylic acids is 1. The number of anilines is 1. The van der Waals surface area contributed by atoms with Crippen LogP contribution in [0.5, 0.6) is 0 Å². The average molecular weight is 462 g/mol. The first kappa shape index (κ1) is 21.3. The van der Waals surface area contributed by atoms with Gasteiger partial charge in [0, 0.05) is 36.1 Å². The molecule has 0 spiro atoms. The van der Waals surface area contributed by atoms with Crippen LogP contribution in [-0.2, 0) is 7.05 Å². The van der Waals surface area contributed by atoms with Crippen molar-refractivity contribution in [3.63, 3.8) is 0 Å². The number of imidazole rings is 1. The first-order valence-corrected chi connectivity index (χ1v) is 11.2. The van der Waals surface area contributed by atoms with Gasteiger partial charge in [0.1, 0.15) is 6.04 Å². The minimum absolute atomic E-state index is 0.0592. The van der Waals surface area contributed by atoms with Gasteiger partial charge in [0.25, 0.3) is 11.5 Å². The lowest BCUT2D eigenvalue weighted by molar-refractivity contribution is 0.0989. The molecule has 4 aromatic rings. The van der Waals surface area contributed by atoms with Crippen LogP contribution in [0, 0.1) is 6.92 Å². The van der Waals surface area contributed by atoms with Gasteiger partial charge in [0.05, 0.1) is 17.1 Å². The van der Waals surface area contributed by atoms with Crippen molar-refractivity contribution in [2.45, 2.75) is 32.9 Å². The van der Waals surface area contributed by atoms with Crippen LogP contribution >= 0.6 is 11.6 Å². The fourth-order valence-corrected chi connectivity index (χ4v) is 4.73. The third-order valence-electron chi connectivity index (χ3n) is 6.05. The van der Waals surface area contributed by atoms with E-state index >= 15 is 0 Å². The number of hydrogen-bond acceptors (Lipinski definition) is 3. The van der Waals surface area contributed by atoms with Crippen molar-refractivity contribution in [1.29, 1.82) is 0 Å². The molecule has 0 saturated carbocycles. The molecule has 5 rings (SSSR count). The fraction of sp³-hybridized carbons (Fsp3) is 0.240. The lowest BCUT2D eigenvalue weighted by atomic mass is 10.0. The first-order chi connectivity index (χ1) is 15.8. The van der Waals surface area contributed by atoms with Crippen molar-refractivity contribution in [2.75, 3.05) is 4.90 Å². The number of halogens is 1. The van der Waals surface area contributed by atoms with E-state index in [0.717, 1.165) is 22.8 Å². The van der Waals surface area contributed by atoms with Crippen LogP contribution in [0.2, 0.25) is 5.02 Å². The Balaban J connectivity index is 1.79. The maximum absolute atomic E-state index is 13.8. The number of nitrogens with zero attached hydrogens (tertiary/aromatic N) is 4. The molecule has 1 unspecified atom stereocenters. The number of aryl methyl sites for hydroxylation is 2. The monoisotopic (exact) mass is 461 g/mol. The summed E-state index contributed by atoms with van der Waals surface area (Å²) in [5, 5.41) is 0.622. The number of hydrogen-bond donors (Lipinski definition) is 1. The molecule has 1 aliphatic heterocycles. The van der Waals surface area contributed by atoms with Gasteiger partial charge in [0.2, 0.25) is 0 Å². The van der Waals surface area contributed by atoms with Crippen LogP contribution in [-0.4, -0.2) is 25.0 Å². The second-order valence-electron chi connectivity index (χ2n) is 8.64. The molecular weight excluding hydrogens is 438 g/mol. The summed E-state index contributed by atoms with van der Waals surface area (Å²) >= 11 is 6.17. The van der Waals surface area contributed by atoms with Crippen LogP contribution in [0.1, 0.15) is 53.2 Å². The molecule has 1 amide bonds. The Morgan fingerprint density at radius 1 is 1.12 bits per heavy atom. The van der Waals surface area contributed by atoms with Gasteiger partial charge in [-0.3, -0.25) is 14.5 Å². The Morgan fingerprint density at radius 3 is 2.45 bits per heavy atom. The smallest absolute Gasteiger partial charge is 0.279 e. The van der Waals surface area contributed by atoms with Crippen molar-refractivity contribution < 1.29 is 4.79 Å². The minimum Gasteiger partial charge on any atom is -0.359 e. The number of aromatic amines is 1. The van der Waals surface area contributed by atoms with E-state index in [1.807, 2.05) is 42.6 Å². The van der Waals surface area contributed by atoms with Crippen molar-refractivity contribution in [3.05, 3.63) is 92.7 Å². The molecule has 0 aliphatic carbocycles. The maximum atomic E-state index is 13.8. The van der Waals surface area contributed by atoms with Gasteiger partial charge in [0.15, 0.2) is 11.5 Å². The number of rotatable bonds is 4. The summed E-state index contributed by atoms with van der Waals surface area (Å²) in [7, 11) is 1.69. The van der Waals surface area contributed by atoms with Gasteiger partial charge >= 0.3 is 0 Å². The molecule has 4 heterocycles. The molecule has 7 nitrogen and oxygen atoms in total. The van der Waals surface area contributed by atoms with E-state index in [-0.39, 0.29) is 17.5 Å². The van der Waals surface area contributed by atoms with Gasteiger partial charge in [-0.05, 0) is 56.7 Å². The molecule has 0 radical (unpaired) electrons. The lowest BCUT2D eigenvalue weighted by Gasteiger charge is -2.28. The molecular formula is C25H24ClN5O2. The largest absolute Gasteiger partial charge is 0.359 e. The Hall–Kier alpha value is -3.58. The molecule has 0 fully saturated rings. The van der Waals surface area contributed by atoms with E-state index in [1.165, 1.54) is 4.57 Å². The van der Waals surface area contributed by atoms with Gasteiger partial charge < -0.3 is 14.1 Å². The quantitative estimate of drug-likeness (QED) is 0.471. The summed E-state index contributed by atoms with van der Waals surface area (Å²) in [5.74, 6) is 0.527. The van der Waals surface area contributed by atoms with Crippen LogP contribution in [0.25, 0.3) is 11.5 Å². The highest BCUT2D eigenvalue weighted by Crippen LogP contribution is 2.44. The Morgan fingerprint density at radius 2 is 1.85 bits per heavy atom. The van der Waals surface area contributed by atoms with Crippen LogP contribution in [0.4, 0.5) is 5.69 Å². The van der Waals surface area contributed by atoms with Crippen molar-refractivity contribution in [1.82, 2.24) is 19.1 Å². The molecule has 0 saturated heterocycles. The van der Waals surface area contributed by atoms with E-state index < -0.39 is 6.04 Å².